The van der Waals surface area contributed by atoms with Gasteiger partial charge in [-0.2, -0.15) is 4.98 Å². The Morgan fingerprint density at radius 2 is 2.24 bits per heavy atom. The summed E-state index contributed by atoms with van der Waals surface area (Å²) in [6.07, 6.45) is 1.43. The van der Waals surface area contributed by atoms with Gasteiger partial charge in [-0.15, -0.1) is 0 Å². The fourth-order valence-electron chi connectivity index (χ4n) is 1.29. The average molecular weight is 301 g/mol. The standard InChI is InChI=1S/C8H11N5O3.CH4N2O2/c9-8-11-6-5(7(15)12-8)10-3-13(6)4-16-2-1-14;2-1(4)3-5/h3,14H,1-2,4H2,(H3,9,11,12,15);5H,(H3,2,3,4). The number of carbonyl (C=O) groups is 1. The van der Waals surface area contributed by atoms with E-state index < -0.39 is 6.03 Å². The first-order valence-corrected chi connectivity index (χ1v) is 5.58. The summed E-state index contributed by atoms with van der Waals surface area (Å²) in [6, 6.07) is -0.940. The second-order valence-corrected chi connectivity index (χ2v) is 3.57. The van der Waals surface area contributed by atoms with Gasteiger partial charge in [0.2, 0.25) is 5.95 Å². The fourth-order valence-corrected chi connectivity index (χ4v) is 1.29. The molecule has 0 radical (unpaired) electrons. The minimum absolute atomic E-state index is 0.0291. The number of aliphatic hydroxyl groups excluding tert-OH is 1. The Morgan fingerprint density at radius 3 is 2.81 bits per heavy atom. The number of nitrogen functional groups attached to an aromatic ring is 1. The second-order valence-electron chi connectivity index (χ2n) is 3.57. The van der Waals surface area contributed by atoms with Crippen molar-refractivity contribution >= 4 is 23.1 Å². The van der Waals surface area contributed by atoms with Crippen LogP contribution in [0, 0.1) is 0 Å². The van der Waals surface area contributed by atoms with Crippen LogP contribution in [0.25, 0.3) is 11.2 Å². The van der Waals surface area contributed by atoms with E-state index in [0.717, 1.165) is 0 Å². The molecule has 0 aliphatic rings. The van der Waals surface area contributed by atoms with E-state index in [-0.39, 0.29) is 37.0 Å². The van der Waals surface area contributed by atoms with Crippen LogP contribution in [0.3, 0.4) is 0 Å². The number of amides is 2. The number of ether oxygens (including phenoxy) is 1. The number of hydrogen-bond donors (Lipinski definition) is 6. The first kappa shape index (κ1) is 16.4. The number of aromatic nitrogens is 4. The number of hydrogen-bond acceptors (Lipinski definition) is 8. The van der Waals surface area contributed by atoms with Gasteiger partial charge in [0.15, 0.2) is 11.2 Å². The van der Waals surface area contributed by atoms with Crippen LogP contribution in [0.1, 0.15) is 0 Å². The van der Waals surface area contributed by atoms with E-state index in [1.165, 1.54) is 16.4 Å². The number of nitrogens with two attached hydrogens (primary N) is 2. The molecule has 12 heteroatoms. The number of aromatic amines is 1. The minimum Gasteiger partial charge on any atom is -0.394 e. The second kappa shape index (κ2) is 7.78. The van der Waals surface area contributed by atoms with E-state index in [9.17, 15) is 9.59 Å². The Kier molecular flexibility index (Phi) is 6.06. The van der Waals surface area contributed by atoms with Gasteiger partial charge in [-0.1, -0.05) is 0 Å². The van der Waals surface area contributed by atoms with Crippen molar-refractivity contribution in [3.05, 3.63) is 16.7 Å². The highest BCUT2D eigenvalue weighted by molar-refractivity contribution is 5.70. The minimum atomic E-state index is -0.940. The number of primary amides is 1. The fraction of sp³-hybridized carbons (Fsp3) is 0.333. The number of anilines is 1. The van der Waals surface area contributed by atoms with Gasteiger partial charge < -0.3 is 21.3 Å². The van der Waals surface area contributed by atoms with Crippen LogP contribution in [-0.2, 0) is 11.5 Å². The average Bonchev–Trinajstić information content (AvgIpc) is 2.83. The molecule has 2 aromatic heterocycles. The Bertz CT molecular complexity index is 651. The monoisotopic (exact) mass is 301 g/mol. The number of H-pyrrole nitrogens is 1. The van der Waals surface area contributed by atoms with Gasteiger partial charge in [-0.25, -0.2) is 15.3 Å². The summed E-state index contributed by atoms with van der Waals surface area (Å²) in [5.74, 6) is 0.0291. The van der Waals surface area contributed by atoms with Crippen LogP contribution in [0.4, 0.5) is 10.7 Å². The van der Waals surface area contributed by atoms with Crippen molar-refractivity contribution in [1.29, 1.82) is 0 Å². The molecule has 12 nitrogen and oxygen atoms in total. The van der Waals surface area contributed by atoms with E-state index in [4.69, 9.17) is 20.8 Å². The zero-order valence-electron chi connectivity index (χ0n) is 10.8. The largest absolute Gasteiger partial charge is 0.394 e. The maximum atomic E-state index is 11.4. The molecule has 0 aliphatic heterocycles. The van der Waals surface area contributed by atoms with E-state index >= 15 is 0 Å². The van der Waals surface area contributed by atoms with Crippen molar-refractivity contribution in [3.63, 3.8) is 0 Å². The number of rotatable bonds is 4. The molecule has 2 aromatic rings. The smallest absolute Gasteiger partial charge is 0.335 e. The number of aliphatic hydroxyl groups is 1. The summed E-state index contributed by atoms with van der Waals surface area (Å²) in [4.78, 5) is 30.8. The predicted octanol–water partition coefficient (Wildman–Crippen LogP) is -2.29. The van der Waals surface area contributed by atoms with Gasteiger partial charge in [-0.05, 0) is 0 Å². The van der Waals surface area contributed by atoms with Crippen molar-refractivity contribution in [2.24, 2.45) is 5.73 Å². The van der Waals surface area contributed by atoms with Crippen molar-refractivity contribution in [3.8, 4) is 0 Å². The summed E-state index contributed by atoms with van der Waals surface area (Å²) in [6.45, 7) is 0.300. The first-order chi connectivity index (χ1) is 9.99. The van der Waals surface area contributed by atoms with Crippen LogP contribution < -0.4 is 22.5 Å². The maximum absolute atomic E-state index is 11.4. The number of fused-ring (bicyclic) bond motifs is 1. The lowest BCUT2D eigenvalue weighted by atomic mass is 10.5. The highest BCUT2D eigenvalue weighted by Crippen LogP contribution is 2.05. The molecular formula is C9H15N7O5. The molecule has 0 fully saturated rings. The third kappa shape index (κ3) is 4.72. The number of nitrogens with one attached hydrogen (secondary N) is 2. The van der Waals surface area contributed by atoms with Gasteiger partial charge in [0.1, 0.15) is 6.73 Å². The molecule has 0 unspecified atom stereocenters. The molecule has 2 heterocycles. The lowest BCUT2D eigenvalue weighted by molar-refractivity contribution is 0.0499. The summed E-state index contributed by atoms with van der Waals surface area (Å²) in [5, 5.41) is 16.0. The lowest BCUT2D eigenvalue weighted by Crippen LogP contribution is -2.25. The topological polar surface area (TPSA) is 194 Å². The zero-order chi connectivity index (χ0) is 15.8. The molecule has 0 aromatic carbocycles. The number of hydroxylamine groups is 1. The maximum Gasteiger partial charge on any atom is 0.335 e. The summed E-state index contributed by atoms with van der Waals surface area (Å²) >= 11 is 0. The first-order valence-electron chi connectivity index (χ1n) is 5.58. The molecule has 0 atom stereocenters. The quantitative estimate of drug-likeness (QED) is 0.206. The Morgan fingerprint density at radius 1 is 1.57 bits per heavy atom. The zero-order valence-corrected chi connectivity index (χ0v) is 10.8. The molecule has 2 amide bonds. The van der Waals surface area contributed by atoms with Gasteiger partial charge in [0.05, 0.1) is 19.5 Å². The van der Waals surface area contributed by atoms with Gasteiger partial charge in [0, 0.05) is 0 Å². The van der Waals surface area contributed by atoms with Crippen LogP contribution in [-0.4, -0.2) is 49.1 Å². The Balaban J connectivity index is 0.000000383. The van der Waals surface area contributed by atoms with E-state index in [2.05, 4.69) is 20.7 Å². The third-order valence-corrected chi connectivity index (χ3v) is 2.07. The molecule has 0 saturated heterocycles. The lowest BCUT2D eigenvalue weighted by Gasteiger charge is -2.03. The molecular weight excluding hydrogens is 286 g/mol. The number of nitrogens with zero attached hydrogens (tertiary/aromatic N) is 3. The van der Waals surface area contributed by atoms with E-state index in [1.807, 2.05) is 0 Å². The number of imidazole rings is 1. The van der Waals surface area contributed by atoms with Crippen LogP contribution >= 0.6 is 0 Å². The van der Waals surface area contributed by atoms with Gasteiger partial charge >= 0.3 is 6.03 Å². The van der Waals surface area contributed by atoms with Gasteiger partial charge in [-0.3, -0.25) is 19.6 Å². The van der Waals surface area contributed by atoms with E-state index in [1.54, 1.807) is 0 Å². The van der Waals surface area contributed by atoms with Crippen molar-refractivity contribution in [2.45, 2.75) is 6.73 Å². The highest BCUT2D eigenvalue weighted by Gasteiger charge is 2.08. The van der Waals surface area contributed by atoms with Crippen molar-refractivity contribution in [2.75, 3.05) is 18.9 Å². The number of urea groups is 1. The third-order valence-electron chi connectivity index (χ3n) is 2.07. The summed E-state index contributed by atoms with van der Waals surface area (Å²) < 4.78 is 6.63. The summed E-state index contributed by atoms with van der Waals surface area (Å²) in [5.41, 5.74) is 11.1. The highest BCUT2D eigenvalue weighted by atomic mass is 16.5. The molecule has 116 valence electrons. The molecule has 0 aliphatic carbocycles. The molecule has 0 bridgehead atoms. The van der Waals surface area contributed by atoms with Gasteiger partial charge in [0.25, 0.3) is 5.56 Å². The van der Waals surface area contributed by atoms with Crippen molar-refractivity contribution < 1.29 is 19.8 Å². The SMILES string of the molecule is NC(=O)NO.Nc1nc2c(ncn2COCCO)c(=O)[nH]1. The molecule has 2 rings (SSSR count). The van der Waals surface area contributed by atoms with Crippen LogP contribution in [0.15, 0.2) is 11.1 Å². The number of carbonyl (C=O) groups excluding carboxylic acids is 1. The molecule has 8 N–H and O–H groups in total. The van der Waals surface area contributed by atoms with Crippen LogP contribution in [0.5, 0.6) is 0 Å². The normalized spacial score (nSPS) is 10.0. The molecule has 0 saturated carbocycles. The Hall–Kier alpha value is -2.70. The molecule has 21 heavy (non-hydrogen) atoms. The molecule has 0 spiro atoms. The van der Waals surface area contributed by atoms with Crippen molar-refractivity contribution in [1.82, 2.24) is 25.0 Å². The predicted molar refractivity (Wildman–Crippen MR) is 70.1 cm³/mol. The Labute approximate surface area is 117 Å². The van der Waals surface area contributed by atoms with E-state index in [0.29, 0.717) is 5.65 Å². The summed E-state index contributed by atoms with van der Waals surface area (Å²) in [7, 11) is 0. The van der Waals surface area contributed by atoms with Crippen LogP contribution in [0.2, 0.25) is 0 Å².